The van der Waals surface area contributed by atoms with Crippen LogP contribution in [0.15, 0.2) is 23.1 Å². The van der Waals surface area contributed by atoms with Gasteiger partial charge in [-0.25, -0.2) is 17.2 Å². The third-order valence-corrected chi connectivity index (χ3v) is 6.40. The third kappa shape index (κ3) is 4.11. The van der Waals surface area contributed by atoms with Crippen molar-refractivity contribution in [3.63, 3.8) is 0 Å². The number of sulfonamides is 1. The Balaban J connectivity index is 0.00000225. The van der Waals surface area contributed by atoms with E-state index in [0.717, 1.165) is 29.4 Å². The summed E-state index contributed by atoms with van der Waals surface area (Å²) in [4.78, 5) is 13.5. The number of nitrogens with one attached hydrogen (secondary N) is 1. The average molecular weight is 396 g/mol. The zero-order chi connectivity index (χ0) is 17.3. The number of halogens is 3. The summed E-state index contributed by atoms with van der Waals surface area (Å²) in [5, 5.41) is 3.13. The van der Waals surface area contributed by atoms with Crippen LogP contribution in [0.5, 0.6) is 0 Å². The van der Waals surface area contributed by atoms with Crippen LogP contribution in [-0.4, -0.2) is 62.8 Å². The van der Waals surface area contributed by atoms with Crippen molar-refractivity contribution in [3.05, 3.63) is 29.8 Å². The van der Waals surface area contributed by atoms with Crippen molar-refractivity contribution in [1.82, 2.24) is 14.5 Å². The van der Waals surface area contributed by atoms with Gasteiger partial charge in [-0.05, 0) is 25.1 Å². The van der Waals surface area contributed by atoms with Gasteiger partial charge in [0, 0.05) is 38.8 Å². The Hall–Kier alpha value is -1.29. The monoisotopic (exact) mass is 395 g/mol. The predicted octanol–water partition coefficient (Wildman–Crippen LogP) is 0.829. The Bertz CT molecular complexity index is 734. The molecule has 0 bridgehead atoms. The van der Waals surface area contributed by atoms with Gasteiger partial charge in [0.05, 0.1) is 5.92 Å². The molecule has 6 nitrogen and oxygen atoms in total. The number of hydrogen-bond donors (Lipinski definition) is 1. The molecule has 0 spiro atoms. The van der Waals surface area contributed by atoms with E-state index in [9.17, 15) is 22.0 Å². The molecule has 140 valence electrons. The standard InChI is InChI=1S/C15H19F2N3O3S.ClH/c16-12-1-2-14(13(17)9-12)24(22,23)20-7-5-19(6-8-20)15(21)11-3-4-18-10-11;/h1-2,9,11,18H,3-8,10H2;1H. The first-order chi connectivity index (χ1) is 11.4. The van der Waals surface area contributed by atoms with E-state index in [1.807, 2.05) is 0 Å². The van der Waals surface area contributed by atoms with Crippen molar-refractivity contribution < 1.29 is 22.0 Å². The molecule has 2 aliphatic heterocycles. The smallest absolute Gasteiger partial charge is 0.246 e. The number of amides is 1. The highest BCUT2D eigenvalue weighted by Crippen LogP contribution is 2.22. The minimum absolute atomic E-state index is 0. The normalized spacial score (nSPS) is 21.8. The molecule has 0 saturated carbocycles. The highest BCUT2D eigenvalue weighted by Gasteiger charge is 2.34. The van der Waals surface area contributed by atoms with Crippen molar-refractivity contribution in [2.75, 3.05) is 39.3 Å². The number of nitrogens with zero attached hydrogens (tertiary/aromatic N) is 2. The van der Waals surface area contributed by atoms with Crippen LogP contribution in [-0.2, 0) is 14.8 Å². The van der Waals surface area contributed by atoms with Crippen LogP contribution < -0.4 is 5.32 Å². The first kappa shape index (κ1) is 20.0. The summed E-state index contributed by atoms with van der Waals surface area (Å²) in [6.45, 7) is 2.22. The van der Waals surface area contributed by atoms with Crippen LogP contribution >= 0.6 is 12.4 Å². The molecule has 1 amide bonds. The van der Waals surface area contributed by atoms with E-state index in [2.05, 4.69) is 5.32 Å². The molecule has 2 fully saturated rings. The van der Waals surface area contributed by atoms with Gasteiger partial charge < -0.3 is 10.2 Å². The van der Waals surface area contributed by atoms with Gasteiger partial charge >= 0.3 is 0 Å². The number of rotatable bonds is 3. The second-order valence-corrected chi connectivity index (χ2v) is 7.90. The lowest BCUT2D eigenvalue weighted by atomic mass is 10.1. The molecule has 2 saturated heterocycles. The highest BCUT2D eigenvalue weighted by molar-refractivity contribution is 7.89. The van der Waals surface area contributed by atoms with Crippen LogP contribution in [0.1, 0.15) is 6.42 Å². The molecule has 0 radical (unpaired) electrons. The molecule has 3 rings (SSSR count). The average Bonchev–Trinajstić information content (AvgIpc) is 3.08. The van der Waals surface area contributed by atoms with Crippen LogP contribution in [0, 0.1) is 17.6 Å². The lowest BCUT2D eigenvalue weighted by molar-refractivity contribution is -0.136. The molecular formula is C15H20ClF2N3O3S. The van der Waals surface area contributed by atoms with Gasteiger partial charge in [0.25, 0.3) is 0 Å². The molecule has 1 unspecified atom stereocenters. The SMILES string of the molecule is Cl.O=C(C1CCNC1)N1CCN(S(=O)(=O)c2ccc(F)cc2F)CC1. The van der Waals surface area contributed by atoms with Gasteiger partial charge in [-0.2, -0.15) is 4.31 Å². The van der Waals surface area contributed by atoms with Gasteiger partial charge in [-0.1, -0.05) is 0 Å². The van der Waals surface area contributed by atoms with Gasteiger partial charge in [-0.3, -0.25) is 4.79 Å². The Kier molecular flexibility index (Phi) is 6.36. The van der Waals surface area contributed by atoms with E-state index in [1.54, 1.807) is 4.90 Å². The van der Waals surface area contributed by atoms with Crippen LogP contribution in [0.2, 0.25) is 0 Å². The van der Waals surface area contributed by atoms with Crippen molar-refractivity contribution >= 4 is 28.3 Å². The van der Waals surface area contributed by atoms with E-state index in [1.165, 1.54) is 0 Å². The fourth-order valence-corrected chi connectivity index (χ4v) is 4.56. The summed E-state index contributed by atoms with van der Waals surface area (Å²) in [6.07, 6.45) is 0.790. The van der Waals surface area contributed by atoms with Gasteiger partial charge in [0.2, 0.25) is 15.9 Å². The molecule has 0 aliphatic carbocycles. The summed E-state index contributed by atoms with van der Waals surface area (Å²) < 4.78 is 52.9. The predicted molar refractivity (Wildman–Crippen MR) is 89.9 cm³/mol. The second-order valence-electron chi connectivity index (χ2n) is 5.99. The summed E-state index contributed by atoms with van der Waals surface area (Å²) in [6, 6.07) is 2.41. The lowest BCUT2D eigenvalue weighted by Crippen LogP contribution is -2.52. The number of carbonyl (C=O) groups is 1. The van der Waals surface area contributed by atoms with Crippen molar-refractivity contribution in [1.29, 1.82) is 0 Å². The number of hydrogen-bond acceptors (Lipinski definition) is 4. The second kappa shape index (κ2) is 7.94. The first-order valence-electron chi connectivity index (χ1n) is 7.84. The van der Waals surface area contributed by atoms with Crippen LogP contribution in [0.4, 0.5) is 8.78 Å². The Morgan fingerprint density at radius 3 is 2.40 bits per heavy atom. The maximum Gasteiger partial charge on any atom is 0.246 e. The molecule has 0 aromatic heterocycles. The minimum Gasteiger partial charge on any atom is -0.340 e. The largest absolute Gasteiger partial charge is 0.340 e. The first-order valence-corrected chi connectivity index (χ1v) is 9.28. The van der Waals surface area contributed by atoms with E-state index in [-0.39, 0.29) is 50.4 Å². The maximum absolute atomic E-state index is 13.8. The van der Waals surface area contributed by atoms with Crippen molar-refractivity contribution in [2.45, 2.75) is 11.3 Å². The summed E-state index contributed by atoms with van der Waals surface area (Å²) in [5.41, 5.74) is 0. The van der Waals surface area contributed by atoms with Gasteiger partial charge in [0.1, 0.15) is 16.5 Å². The number of benzene rings is 1. The van der Waals surface area contributed by atoms with Crippen LogP contribution in [0.3, 0.4) is 0 Å². The maximum atomic E-state index is 13.8. The molecule has 1 aromatic carbocycles. The quantitative estimate of drug-likeness (QED) is 0.823. The third-order valence-electron chi connectivity index (χ3n) is 4.47. The molecule has 1 atom stereocenters. The Morgan fingerprint density at radius 1 is 1.16 bits per heavy atom. The topological polar surface area (TPSA) is 69.7 Å². The van der Waals surface area contributed by atoms with E-state index < -0.39 is 26.6 Å². The molecule has 2 heterocycles. The summed E-state index contributed by atoms with van der Waals surface area (Å²) in [7, 11) is -4.04. The van der Waals surface area contributed by atoms with Crippen LogP contribution in [0.25, 0.3) is 0 Å². The summed E-state index contributed by atoms with van der Waals surface area (Å²) >= 11 is 0. The molecule has 10 heteroatoms. The Labute approximate surface area is 151 Å². The molecule has 2 aliphatic rings. The zero-order valence-electron chi connectivity index (χ0n) is 13.5. The van der Waals surface area contributed by atoms with Crippen molar-refractivity contribution in [3.8, 4) is 0 Å². The molecule has 1 N–H and O–H groups in total. The number of piperazine rings is 1. The summed E-state index contributed by atoms with van der Waals surface area (Å²) in [5.74, 6) is -1.95. The molecular weight excluding hydrogens is 376 g/mol. The Morgan fingerprint density at radius 2 is 1.84 bits per heavy atom. The van der Waals surface area contributed by atoms with E-state index >= 15 is 0 Å². The van der Waals surface area contributed by atoms with Gasteiger partial charge in [-0.15, -0.1) is 12.4 Å². The fourth-order valence-electron chi connectivity index (χ4n) is 3.10. The van der Waals surface area contributed by atoms with Crippen molar-refractivity contribution in [2.24, 2.45) is 5.92 Å². The van der Waals surface area contributed by atoms with E-state index in [0.29, 0.717) is 12.6 Å². The molecule has 25 heavy (non-hydrogen) atoms. The van der Waals surface area contributed by atoms with E-state index in [4.69, 9.17) is 0 Å². The van der Waals surface area contributed by atoms with Gasteiger partial charge in [0.15, 0.2) is 0 Å². The minimum atomic E-state index is -4.04. The number of carbonyl (C=O) groups excluding carboxylic acids is 1. The zero-order valence-corrected chi connectivity index (χ0v) is 15.1. The fraction of sp³-hybridized carbons (Fsp3) is 0.533. The molecule has 1 aromatic rings. The lowest BCUT2D eigenvalue weighted by Gasteiger charge is -2.35. The highest BCUT2D eigenvalue weighted by atomic mass is 35.5.